The lowest BCUT2D eigenvalue weighted by Gasteiger charge is -2.10. The normalized spacial score (nSPS) is 13.4. The van der Waals surface area contributed by atoms with Crippen LogP contribution in [0.2, 0.25) is 0 Å². The van der Waals surface area contributed by atoms with Crippen LogP contribution in [0.15, 0.2) is 63.2 Å². The maximum Gasteiger partial charge on any atom is 0.271 e. The summed E-state index contributed by atoms with van der Waals surface area (Å²) in [6.07, 6.45) is 7.25. The van der Waals surface area contributed by atoms with Gasteiger partial charge in [-0.15, -0.1) is 11.3 Å². The zero-order valence-corrected chi connectivity index (χ0v) is 19.8. The minimum atomic E-state index is -0.372. The first-order valence-electron chi connectivity index (χ1n) is 10.5. The Hall–Kier alpha value is -3.30. The largest absolute Gasteiger partial charge is 0.507 e. The number of aromatic hydroxyl groups is 1. The lowest BCUT2D eigenvalue weighted by atomic mass is 9.97. The van der Waals surface area contributed by atoms with Crippen LogP contribution in [-0.4, -0.2) is 26.8 Å². The number of phenolic OH excluding ortho intramolecular Hbond substituents is 1. The summed E-state index contributed by atoms with van der Waals surface area (Å²) in [5.74, 6) is -0.243. The number of nitrogens with zero attached hydrogens (tertiary/aromatic N) is 3. The van der Waals surface area contributed by atoms with Gasteiger partial charge in [0, 0.05) is 10.4 Å². The molecule has 1 aliphatic rings. The molecule has 5 rings (SSSR count). The summed E-state index contributed by atoms with van der Waals surface area (Å²) in [6, 6.07) is 11.7. The quantitative estimate of drug-likeness (QED) is 0.303. The summed E-state index contributed by atoms with van der Waals surface area (Å²) in [4.78, 5) is 32.2. The van der Waals surface area contributed by atoms with Gasteiger partial charge in [0.25, 0.3) is 11.5 Å². The maximum absolute atomic E-state index is 13.2. The van der Waals surface area contributed by atoms with Crippen LogP contribution < -0.4 is 11.0 Å². The number of carbonyl (C=O) groups is 1. The molecule has 2 heterocycles. The molecule has 2 N–H and O–H groups in total. The highest BCUT2D eigenvalue weighted by Crippen LogP contribution is 2.33. The van der Waals surface area contributed by atoms with Gasteiger partial charge in [-0.05, 0) is 95.2 Å². The number of amides is 1. The summed E-state index contributed by atoms with van der Waals surface area (Å²) in [7, 11) is 0. The first-order chi connectivity index (χ1) is 16.0. The van der Waals surface area contributed by atoms with E-state index in [2.05, 4.69) is 31.4 Å². The number of fused-ring (bicyclic) bond motifs is 3. The molecule has 0 aliphatic heterocycles. The highest BCUT2D eigenvalue weighted by atomic mass is 79.9. The molecule has 1 amide bonds. The zero-order chi connectivity index (χ0) is 22.9. The third-order valence-corrected chi connectivity index (χ3v) is 7.47. The van der Waals surface area contributed by atoms with Crippen molar-refractivity contribution < 1.29 is 9.90 Å². The molecule has 166 valence electrons. The molecular formula is C24H19BrN4O3S. The number of halogens is 1. The highest BCUT2D eigenvalue weighted by Gasteiger charge is 2.20. The average molecular weight is 523 g/mol. The third kappa shape index (κ3) is 4.21. The molecular weight excluding hydrogens is 504 g/mol. The van der Waals surface area contributed by atoms with Gasteiger partial charge in [0.05, 0.1) is 21.8 Å². The van der Waals surface area contributed by atoms with Crippen LogP contribution in [0.5, 0.6) is 5.75 Å². The molecule has 33 heavy (non-hydrogen) atoms. The monoisotopic (exact) mass is 522 g/mol. The molecule has 9 heteroatoms. The SMILES string of the molecule is O=C(N/N=C\c1ccc(O)c(Br)c1)c1ccc(-n2cnc3sc4c(c3c2=O)CCCC4)cc1. The average Bonchev–Trinajstić information content (AvgIpc) is 3.21. The third-order valence-electron chi connectivity index (χ3n) is 5.63. The van der Waals surface area contributed by atoms with Gasteiger partial charge in [-0.2, -0.15) is 5.10 Å². The van der Waals surface area contributed by atoms with Crippen molar-refractivity contribution in [3.8, 4) is 11.4 Å². The second-order valence-corrected chi connectivity index (χ2v) is 9.71. The van der Waals surface area contributed by atoms with Crippen molar-refractivity contribution in [1.82, 2.24) is 15.0 Å². The van der Waals surface area contributed by atoms with Crippen molar-refractivity contribution in [2.45, 2.75) is 25.7 Å². The lowest BCUT2D eigenvalue weighted by Crippen LogP contribution is -2.20. The fraction of sp³-hybridized carbons (Fsp3) is 0.167. The van der Waals surface area contributed by atoms with Crippen molar-refractivity contribution >= 4 is 49.6 Å². The van der Waals surface area contributed by atoms with Crippen LogP contribution >= 0.6 is 27.3 Å². The summed E-state index contributed by atoms with van der Waals surface area (Å²) in [6.45, 7) is 0. The van der Waals surface area contributed by atoms with E-state index >= 15 is 0 Å². The van der Waals surface area contributed by atoms with Gasteiger partial charge in [-0.25, -0.2) is 10.4 Å². The second-order valence-electron chi connectivity index (χ2n) is 7.77. The topological polar surface area (TPSA) is 96.6 Å². The number of hydrogen-bond donors (Lipinski definition) is 2. The molecule has 1 aliphatic carbocycles. The number of thiophene rings is 1. The fourth-order valence-corrected chi connectivity index (χ4v) is 5.55. The number of aryl methyl sites for hydroxylation is 2. The van der Waals surface area contributed by atoms with Gasteiger partial charge >= 0.3 is 0 Å². The van der Waals surface area contributed by atoms with Gasteiger partial charge in [0.2, 0.25) is 0 Å². The lowest BCUT2D eigenvalue weighted by molar-refractivity contribution is 0.0955. The molecule has 0 unspecified atom stereocenters. The molecule has 0 saturated heterocycles. The summed E-state index contributed by atoms with van der Waals surface area (Å²) in [5, 5.41) is 14.2. The molecule has 0 spiro atoms. The molecule has 2 aromatic heterocycles. The molecule has 4 aromatic rings. The molecule has 0 fully saturated rings. The van der Waals surface area contributed by atoms with E-state index in [1.807, 2.05) is 0 Å². The summed E-state index contributed by atoms with van der Waals surface area (Å²) in [5.41, 5.74) is 5.35. The number of carbonyl (C=O) groups excluding carboxylic acids is 1. The number of aromatic nitrogens is 2. The van der Waals surface area contributed by atoms with E-state index in [-0.39, 0.29) is 17.2 Å². The Balaban J connectivity index is 1.35. The molecule has 0 radical (unpaired) electrons. The molecule has 0 bridgehead atoms. The number of phenols is 1. The van der Waals surface area contributed by atoms with Crippen LogP contribution in [0.1, 0.15) is 39.2 Å². The smallest absolute Gasteiger partial charge is 0.271 e. The Morgan fingerprint density at radius 3 is 2.76 bits per heavy atom. The fourth-order valence-electron chi connectivity index (χ4n) is 3.94. The van der Waals surface area contributed by atoms with Gasteiger partial charge in [0.1, 0.15) is 16.9 Å². The van der Waals surface area contributed by atoms with E-state index in [1.54, 1.807) is 54.1 Å². The number of benzene rings is 2. The highest BCUT2D eigenvalue weighted by molar-refractivity contribution is 9.10. The van der Waals surface area contributed by atoms with Gasteiger partial charge in [0.15, 0.2) is 0 Å². The van der Waals surface area contributed by atoms with Crippen molar-refractivity contribution in [2.75, 3.05) is 0 Å². The van der Waals surface area contributed by atoms with Crippen LogP contribution in [0, 0.1) is 0 Å². The van der Waals surface area contributed by atoms with Crippen molar-refractivity contribution in [2.24, 2.45) is 5.10 Å². The van der Waals surface area contributed by atoms with E-state index in [4.69, 9.17) is 0 Å². The van der Waals surface area contributed by atoms with E-state index in [0.717, 1.165) is 41.5 Å². The van der Waals surface area contributed by atoms with Gasteiger partial charge in [-0.1, -0.05) is 0 Å². The van der Waals surface area contributed by atoms with Gasteiger partial charge in [-0.3, -0.25) is 14.2 Å². The maximum atomic E-state index is 13.2. The number of nitrogens with one attached hydrogen (secondary N) is 1. The van der Waals surface area contributed by atoms with Crippen LogP contribution in [-0.2, 0) is 12.8 Å². The number of hydrazone groups is 1. The Bertz CT molecular complexity index is 1460. The van der Waals surface area contributed by atoms with E-state index < -0.39 is 0 Å². The number of hydrogen-bond acceptors (Lipinski definition) is 6. The molecule has 2 aromatic carbocycles. The van der Waals surface area contributed by atoms with Crippen molar-refractivity contribution in [3.05, 3.63) is 85.2 Å². The van der Waals surface area contributed by atoms with Crippen LogP contribution in [0.25, 0.3) is 15.9 Å². The first kappa shape index (κ1) is 21.5. The van der Waals surface area contributed by atoms with E-state index in [1.165, 1.54) is 21.7 Å². The minimum Gasteiger partial charge on any atom is -0.507 e. The van der Waals surface area contributed by atoms with Gasteiger partial charge < -0.3 is 5.11 Å². The predicted octanol–water partition coefficient (Wildman–Crippen LogP) is 4.56. The Labute approximate surface area is 201 Å². The molecule has 7 nitrogen and oxygen atoms in total. The van der Waals surface area contributed by atoms with Crippen molar-refractivity contribution in [1.29, 1.82) is 0 Å². The number of rotatable bonds is 4. The summed E-state index contributed by atoms with van der Waals surface area (Å²) < 4.78 is 2.08. The van der Waals surface area contributed by atoms with Crippen molar-refractivity contribution in [3.63, 3.8) is 0 Å². The second kappa shape index (κ2) is 8.92. The van der Waals surface area contributed by atoms with E-state index in [0.29, 0.717) is 21.3 Å². The van der Waals surface area contributed by atoms with E-state index in [9.17, 15) is 14.7 Å². The predicted molar refractivity (Wildman–Crippen MR) is 133 cm³/mol. The Kier molecular flexibility index (Phi) is 5.82. The molecule has 0 saturated carbocycles. The minimum absolute atomic E-state index is 0.0683. The Morgan fingerprint density at radius 2 is 1.97 bits per heavy atom. The van der Waals surface area contributed by atoms with Crippen LogP contribution in [0.4, 0.5) is 0 Å². The Morgan fingerprint density at radius 1 is 1.18 bits per heavy atom. The van der Waals surface area contributed by atoms with Crippen LogP contribution in [0.3, 0.4) is 0 Å². The first-order valence-corrected chi connectivity index (χ1v) is 12.1. The standard InChI is InChI=1S/C24H19BrN4O3S/c25-18-11-14(5-10-19(18)30)12-27-28-22(31)15-6-8-16(9-7-15)29-13-26-23-21(24(29)32)17-3-1-2-4-20(17)33-23/h5-13,30H,1-4H2,(H,28,31)/b27-12-. The zero-order valence-electron chi connectivity index (χ0n) is 17.4. The molecule has 0 atom stereocenters. The summed E-state index contributed by atoms with van der Waals surface area (Å²) >= 11 is 4.86.